The van der Waals surface area contributed by atoms with Crippen LogP contribution in [0.2, 0.25) is 0 Å². The van der Waals surface area contributed by atoms with E-state index in [4.69, 9.17) is 4.74 Å². The van der Waals surface area contributed by atoms with Gasteiger partial charge in [0.05, 0.1) is 20.7 Å². The van der Waals surface area contributed by atoms with E-state index in [0.717, 1.165) is 35.3 Å². The highest BCUT2D eigenvalue weighted by Crippen LogP contribution is 2.10. The summed E-state index contributed by atoms with van der Waals surface area (Å²) < 4.78 is 6.65. The van der Waals surface area contributed by atoms with Gasteiger partial charge in [-0.3, -0.25) is 4.79 Å². The lowest BCUT2D eigenvalue weighted by Gasteiger charge is -2.37. The maximum atomic E-state index is 12.1. The molecule has 1 unspecified atom stereocenters. The third-order valence-electron chi connectivity index (χ3n) is 3.63. The Hall–Kier alpha value is -1.39. The number of carbonyl (C=O) groups excluding carboxylic acids is 1. The number of nitrogens with one attached hydrogen (secondary N) is 1. The largest absolute Gasteiger partial charge is 0.365 e. The molecule has 1 N–H and O–H groups in total. The van der Waals surface area contributed by atoms with Gasteiger partial charge < -0.3 is 14.5 Å². The van der Waals surface area contributed by atoms with Crippen molar-refractivity contribution in [1.29, 1.82) is 0 Å². The molecule has 1 aliphatic heterocycles. The third-order valence-corrected chi connectivity index (χ3v) is 3.63. The summed E-state index contributed by atoms with van der Waals surface area (Å²) in [6.07, 6.45) is 0.108. The number of ether oxygens (including phenoxy) is 1. The Morgan fingerprint density at radius 3 is 2.84 bits per heavy atom. The fourth-order valence-electron chi connectivity index (χ4n) is 2.41. The molecule has 4 nitrogen and oxygen atoms in total. The molecular weight excluding hydrogens is 240 g/mol. The second kappa shape index (κ2) is 5.72. The van der Waals surface area contributed by atoms with Crippen molar-refractivity contribution in [3.63, 3.8) is 0 Å². The maximum Gasteiger partial charge on any atom is 0.251 e. The van der Waals surface area contributed by atoms with Gasteiger partial charge in [-0.05, 0) is 18.6 Å². The first-order valence-electron chi connectivity index (χ1n) is 6.75. The number of amides is 1. The number of morpholine rings is 1. The fourth-order valence-corrected chi connectivity index (χ4v) is 2.41. The normalized spacial score (nSPS) is 21.9. The van der Waals surface area contributed by atoms with Crippen molar-refractivity contribution in [2.45, 2.75) is 13.0 Å². The molecule has 104 valence electrons. The van der Waals surface area contributed by atoms with Crippen molar-refractivity contribution < 1.29 is 14.0 Å². The lowest BCUT2D eigenvalue weighted by atomic mass is 10.1. The molecule has 0 saturated carbocycles. The Kier molecular flexibility index (Phi) is 4.22. The average Bonchev–Trinajstić information content (AvgIpc) is 2.35. The van der Waals surface area contributed by atoms with Crippen molar-refractivity contribution in [2.24, 2.45) is 0 Å². The van der Waals surface area contributed by atoms with Gasteiger partial charge in [0.25, 0.3) is 5.91 Å². The second-order valence-electron chi connectivity index (χ2n) is 5.86. The monoisotopic (exact) mass is 263 g/mol. The minimum Gasteiger partial charge on any atom is -0.365 e. The summed E-state index contributed by atoms with van der Waals surface area (Å²) >= 11 is 0. The first kappa shape index (κ1) is 14.0. The molecule has 0 radical (unpaired) electrons. The van der Waals surface area contributed by atoms with Gasteiger partial charge in [0.15, 0.2) is 0 Å². The number of benzene rings is 1. The van der Waals surface area contributed by atoms with E-state index in [1.54, 1.807) is 0 Å². The van der Waals surface area contributed by atoms with Crippen molar-refractivity contribution in [3.05, 3.63) is 35.4 Å². The summed E-state index contributed by atoms with van der Waals surface area (Å²) in [6.45, 7) is 5.26. The summed E-state index contributed by atoms with van der Waals surface area (Å²) in [4.78, 5) is 12.1. The minimum absolute atomic E-state index is 0.0161. The van der Waals surface area contributed by atoms with Crippen LogP contribution in [0, 0.1) is 6.92 Å². The Bertz CT molecular complexity index is 457. The van der Waals surface area contributed by atoms with Crippen LogP contribution in [0.15, 0.2) is 24.3 Å². The van der Waals surface area contributed by atoms with Crippen molar-refractivity contribution in [2.75, 3.05) is 40.3 Å². The summed E-state index contributed by atoms with van der Waals surface area (Å²) in [6, 6.07) is 7.63. The Labute approximate surface area is 115 Å². The molecule has 1 heterocycles. The van der Waals surface area contributed by atoms with Crippen LogP contribution in [-0.4, -0.2) is 56.8 Å². The van der Waals surface area contributed by atoms with Crippen molar-refractivity contribution >= 4 is 5.91 Å². The number of hydrogen-bond donors (Lipinski definition) is 1. The van der Waals surface area contributed by atoms with Crippen LogP contribution in [0.3, 0.4) is 0 Å². The number of quaternary nitrogens is 1. The number of aryl methyl sites for hydroxylation is 1. The lowest BCUT2D eigenvalue weighted by molar-refractivity contribution is -0.901. The van der Waals surface area contributed by atoms with E-state index < -0.39 is 0 Å². The maximum absolute atomic E-state index is 12.1. The summed E-state index contributed by atoms with van der Waals surface area (Å²) in [7, 11) is 4.39. The number of likely N-dealkylation sites (N-methyl/N-ethyl adjacent to an activating group) is 1. The first-order chi connectivity index (χ1) is 8.98. The SMILES string of the molecule is Cc1ccccc1C(=O)NCC1C[N+](C)(C)CCO1. The third kappa shape index (κ3) is 3.78. The Morgan fingerprint density at radius 2 is 2.16 bits per heavy atom. The highest BCUT2D eigenvalue weighted by atomic mass is 16.5. The lowest BCUT2D eigenvalue weighted by Crippen LogP contribution is -2.55. The Balaban J connectivity index is 1.89. The topological polar surface area (TPSA) is 38.3 Å². The standard InChI is InChI=1S/C15H22N2O2/c1-12-6-4-5-7-14(12)15(18)16-10-13-11-17(2,3)8-9-19-13/h4-7,13H,8-11H2,1-3H3/p+1. The van der Waals surface area contributed by atoms with E-state index in [2.05, 4.69) is 19.4 Å². The van der Waals surface area contributed by atoms with Gasteiger partial charge >= 0.3 is 0 Å². The zero-order valence-corrected chi connectivity index (χ0v) is 12.0. The van der Waals surface area contributed by atoms with E-state index in [1.807, 2.05) is 31.2 Å². The van der Waals surface area contributed by atoms with Crippen LogP contribution in [-0.2, 0) is 4.74 Å². The predicted molar refractivity (Wildman–Crippen MR) is 75.1 cm³/mol. The van der Waals surface area contributed by atoms with Crippen LogP contribution in [0.4, 0.5) is 0 Å². The molecule has 1 aromatic rings. The molecular formula is C15H23N2O2+. The molecule has 1 fully saturated rings. The zero-order chi connectivity index (χ0) is 13.9. The van der Waals surface area contributed by atoms with E-state index in [-0.39, 0.29) is 12.0 Å². The zero-order valence-electron chi connectivity index (χ0n) is 12.0. The molecule has 19 heavy (non-hydrogen) atoms. The molecule has 0 aliphatic carbocycles. The van der Waals surface area contributed by atoms with E-state index >= 15 is 0 Å². The number of hydrogen-bond acceptors (Lipinski definition) is 2. The first-order valence-corrected chi connectivity index (χ1v) is 6.75. The summed E-state index contributed by atoms with van der Waals surface area (Å²) in [5.74, 6) is -0.0161. The second-order valence-corrected chi connectivity index (χ2v) is 5.86. The molecule has 0 spiro atoms. The van der Waals surface area contributed by atoms with E-state index in [9.17, 15) is 4.79 Å². The van der Waals surface area contributed by atoms with Gasteiger partial charge in [-0.2, -0.15) is 0 Å². The minimum atomic E-state index is -0.0161. The average molecular weight is 263 g/mol. The van der Waals surface area contributed by atoms with Gasteiger partial charge in [0.2, 0.25) is 0 Å². The van der Waals surface area contributed by atoms with Gasteiger partial charge in [0.1, 0.15) is 19.2 Å². The quantitative estimate of drug-likeness (QED) is 0.832. The van der Waals surface area contributed by atoms with E-state index in [0.29, 0.717) is 6.54 Å². The summed E-state index contributed by atoms with van der Waals surface area (Å²) in [5, 5.41) is 2.97. The van der Waals surface area contributed by atoms with Crippen LogP contribution in [0.1, 0.15) is 15.9 Å². The number of nitrogens with zero attached hydrogens (tertiary/aromatic N) is 1. The molecule has 2 rings (SSSR count). The van der Waals surface area contributed by atoms with Crippen LogP contribution < -0.4 is 5.32 Å². The van der Waals surface area contributed by atoms with E-state index in [1.165, 1.54) is 0 Å². The van der Waals surface area contributed by atoms with Gasteiger partial charge in [-0.15, -0.1) is 0 Å². The molecule has 4 heteroatoms. The Morgan fingerprint density at radius 1 is 1.42 bits per heavy atom. The van der Waals surface area contributed by atoms with Crippen LogP contribution >= 0.6 is 0 Å². The molecule has 1 saturated heterocycles. The van der Waals surface area contributed by atoms with Gasteiger partial charge in [-0.1, -0.05) is 18.2 Å². The van der Waals surface area contributed by atoms with Crippen LogP contribution in [0.5, 0.6) is 0 Å². The molecule has 1 atom stereocenters. The predicted octanol–water partition coefficient (Wildman–Crippen LogP) is 1.20. The number of rotatable bonds is 3. The van der Waals surface area contributed by atoms with Gasteiger partial charge in [0, 0.05) is 12.1 Å². The molecule has 1 aliphatic rings. The van der Waals surface area contributed by atoms with Gasteiger partial charge in [-0.25, -0.2) is 0 Å². The molecule has 0 bridgehead atoms. The molecule has 0 aromatic heterocycles. The van der Waals surface area contributed by atoms with Crippen molar-refractivity contribution in [3.8, 4) is 0 Å². The van der Waals surface area contributed by atoms with Crippen molar-refractivity contribution in [1.82, 2.24) is 5.32 Å². The highest BCUT2D eigenvalue weighted by Gasteiger charge is 2.28. The summed E-state index contributed by atoms with van der Waals surface area (Å²) in [5.41, 5.74) is 1.74. The number of carbonyl (C=O) groups is 1. The molecule has 1 aromatic carbocycles. The molecule has 1 amide bonds. The smallest absolute Gasteiger partial charge is 0.251 e. The highest BCUT2D eigenvalue weighted by molar-refractivity contribution is 5.95. The fraction of sp³-hybridized carbons (Fsp3) is 0.533. The van der Waals surface area contributed by atoms with Crippen LogP contribution in [0.25, 0.3) is 0 Å².